The van der Waals surface area contributed by atoms with Crippen LogP contribution in [-0.4, -0.2) is 39.5 Å². The summed E-state index contributed by atoms with van der Waals surface area (Å²) in [5, 5.41) is 8.22. The van der Waals surface area contributed by atoms with Crippen molar-refractivity contribution in [2.75, 3.05) is 18.6 Å². The number of hydrogen-bond acceptors (Lipinski definition) is 6. The Labute approximate surface area is 127 Å². The van der Waals surface area contributed by atoms with Crippen molar-refractivity contribution in [1.82, 2.24) is 19.7 Å². The van der Waals surface area contributed by atoms with E-state index in [0.29, 0.717) is 6.01 Å². The fourth-order valence-corrected chi connectivity index (χ4v) is 3.00. The van der Waals surface area contributed by atoms with E-state index in [-0.39, 0.29) is 12.1 Å². The lowest BCUT2D eigenvalue weighted by molar-refractivity contribution is 0.118. The molecule has 0 unspecified atom stereocenters. The van der Waals surface area contributed by atoms with E-state index in [1.807, 2.05) is 35.9 Å². The molecule has 1 saturated heterocycles. The third-order valence-corrected chi connectivity index (χ3v) is 4.17. The number of aryl methyl sites for hydroxylation is 1. The molecule has 1 aliphatic rings. The van der Waals surface area contributed by atoms with Gasteiger partial charge < -0.3 is 18.6 Å². The number of para-hydroxylation sites is 2. The first-order chi connectivity index (χ1) is 10.8. The molecule has 1 aliphatic heterocycles. The van der Waals surface area contributed by atoms with Crippen LogP contribution in [0.5, 0.6) is 0 Å². The minimum Gasteiger partial charge on any atom is -0.423 e. The first-order valence-electron chi connectivity index (χ1n) is 7.25. The number of rotatable bonds is 3. The van der Waals surface area contributed by atoms with Gasteiger partial charge in [0, 0.05) is 27.1 Å². The van der Waals surface area contributed by atoms with E-state index in [2.05, 4.69) is 20.1 Å². The molecule has 3 aromatic rings. The number of methoxy groups -OCH3 is 1. The molecule has 2 aromatic heterocycles. The topological polar surface area (TPSA) is 69.2 Å². The summed E-state index contributed by atoms with van der Waals surface area (Å²) in [4.78, 5) is 6.71. The van der Waals surface area contributed by atoms with Crippen LogP contribution in [0.3, 0.4) is 0 Å². The number of oxazole rings is 1. The minimum atomic E-state index is 0.0468. The third kappa shape index (κ3) is 2.05. The Balaban J connectivity index is 1.75. The molecule has 1 fully saturated rings. The molecule has 0 bridgehead atoms. The van der Waals surface area contributed by atoms with Crippen molar-refractivity contribution in [2.45, 2.75) is 18.6 Å². The van der Waals surface area contributed by atoms with Crippen LogP contribution in [0.2, 0.25) is 0 Å². The highest BCUT2D eigenvalue weighted by Crippen LogP contribution is 2.36. The fraction of sp³-hybridized carbons (Fsp3) is 0.400. The van der Waals surface area contributed by atoms with Gasteiger partial charge in [0.15, 0.2) is 11.4 Å². The van der Waals surface area contributed by atoms with E-state index < -0.39 is 0 Å². The molecule has 0 spiro atoms. The van der Waals surface area contributed by atoms with E-state index in [4.69, 9.17) is 9.15 Å². The smallest absolute Gasteiger partial charge is 0.299 e. The van der Waals surface area contributed by atoms with Crippen molar-refractivity contribution in [2.24, 2.45) is 7.05 Å². The molecule has 0 radical (unpaired) electrons. The lowest BCUT2D eigenvalue weighted by Gasteiger charge is -2.21. The second kappa shape index (κ2) is 5.10. The first-order valence-corrected chi connectivity index (χ1v) is 7.25. The monoisotopic (exact) mass is 299 g/mol. The molecule has 0 N–H and O–H groups in total. The van der Waals surface area contributed by atoms with Gasteiger partial charge in [0.05, 0.1) is 12.1 Å². The molecular weight excluding hydrogens is 282 g/mol. The van der Waals surface area contributed by atoms with Crippen molar-refractivity contribution in [1.29, 1.82) is 0 Å². The number of aromatic nitrogens is 4. The van der Waals surface area contributed by atoms with Crippen LogP contribution < -0.4 is 4.90 Å². The lowest BCUT2D eigenvalue weighted by atomic mass is 10.2. The molecule has 0 aliphatic carbocycles. The van der Waals surface area contributed by atoms with Gasteiger partial charge in [-0.1, -0.05) is 12.1 Å². The number of ether oxygens (including phenoxy) is 1. The van der Waals surface area contributed by atoms with Gasteiger partial charge in [0.25, 0.3) is 6.01 Å². The second-order valence-corrected chi connectivity index (χ2v) is 5.53. The van der Waals surface area contributed by atoms with Crippen LogP contribution in [0.15, 0.2) is 35.0 Å². The van der Waals surface area contributed by atoms with Crippen LogP contribution >= 0.6 is 0 Å². The molecule has 2 atom stereocenters. The summed E-state index contributed by atoms with van der Waals surface area (Å²) in [7, 11) is 3.67. The van der Waals surface area contributed by atoms with Gasteiger partial charge >= 0.3 is 0 Å². The maximum Gasteiger partial charge on any atom is 0.299 e. The molecule has 0 saturated carbocycles. The zero-order valence-corrected chi connectivity index (χ0v) is 12.5. The summed E-state index contributed by atoms with van der Waals surface area (Å²) in [6.45, 7) is 0.723. The van der Waals surface area contributed by atoms with Crippen LogP contribution in [0.4, 0.5) is 6.01 Å². The Morgan fingerprint density at radius 2 is 2.18 bits per heavy atom. The normalized spacial score (nSPS) is 21.8. The zero-order valence-electron chi connectivity index (χ0n) is 12.5. The molecule has 1 aromatic carbocycles. The number of nitrogens with zero attached hydrogens (tertiary/aromatic N) is 5. The van der Waals surface area contributed by atoms with E-state index in [1.54, 1.807) is 13.4 Å². The number of benzene rings is 1. The summed E-state index contributed by atoms with van der Waals surface area (Å²) in [5.41, 5.74) is 1.64. The standard InChI is InChI=1S/C15H17N5O2/c1-19-9-16-18-14(19)12-7-10(21-2)8-20(12)15-17-11-5-3-4-6-13(11)22-15/h3-6,9-10,12H,7-8H2,1-2H3/t10-,12+/m1/s1. The number of anilines is 1. The Morgan fingerprint density at radius 3 is 2.91 bits per heavy atom. The third-order valence-electron chi connectivity index (χ3n) is 4.17. The molecule has 4 rings (SSSR count). The summed E-state index contributed by atoms with van der Waals surface area (Å²) in [5.74, 6) is 0.891. The van der Waals surface area contributed by atoms with Crippen LogP contribution in [0.25, 0.3) is 11.1 Å². The van der Waals surface area contributed by atoms with Gasteiger partial charge in [-0.15, -0.1) is 10.2 Å². The van der Waals surface area contributed by atoms with Gasteiger partial charge in [0.2, 0.25) is 0 Å². The minimum absolute atomic E-state index is 0.0468. The maximum absolute atomic E-state index is 5.91. The van der Waals surface area contributed by atoms with E-state index >= 15 is 0 Å². The maximum atomic E-state index is 5.91. The molecule has 7 heteroatoms. The van der Waals surface area contributed by atoms with Gasteiger partial charge in [-0.05, 0) is 12.1 Å². The molecule has 114 valence electrons. The SMILES string of the molecule is CO[C@@H]1C[C@@H](c2nncn2C)N(c2nc3ccccc3o2)C1. The predicted octanol–water partition coefficient (Wildman–Crippen LogP) is 1.92. The van der Waals surface area contributed by atoms with E-state index in [9.17, 15) is 0 Å². The molecule has 7 nitrogen and oxygen atoms in total. The average Bonchev–Trinajstić information content (AvgIpc) is 3.23. The number of hydrogen-bond donors (Lipinski definition) is 0. The molecular formula is C15H17N5O2. The summed E-state index contributed by atoms with van der Waals surface area (Å²) in [6.07, 6.45) is 2.67. The van der Waals surface area contributed by atoms with Crippen LogP contribution in [-0.2, 0) is 11.8 Å². The van der Waals surface area contributed by atoms with Gasteiger partial charge in [-0.25, -0.2) is 0 Å². The van der Waals surface area contributed by atoms with E-state index in [1.165, 1.54) is 0 Å². The lowest BCUT2D eigenvalue weighted by Crippen LogP contribution is -2.26. The molecule has 3 heterocycles. The highest BCUT2D eigenvalue weighted by molar-refractivity contribution is 5.74. The van der Waals surface area contributed by atoms with Crippen molar-refractivity contribution in [3.05, 3.63) is 36.4 Å². The average molecular weight is 299 g/mol. The van der Waals surface area contributed by atoms with Crippen LogP contribution in [0, 0.1) is 0 Å². The quantitative estimate of drug-likeness (QED) is 0.736. The Kier molecular flexibility index (Phi) is 3.07. The van der Waals surface area contributed by atoms with Gasteiger partial charge in [-0.3, -0.25) is 0 Å². The van der Waals surface area contributed by atoms with E-state index in [0.717, 1.165) is 29.9 Å². The summed E-state index contributed by atoms with van der Waals surface area (Å²) in [6, 6.07) is 8.42. The summed E-state index contributed by atoms with van der Waals surface area (Å²) >= 11 is 0. The van der Waals surface area contributed by atoms with Gasteiger partial charge in [-0.2, -0.15) is 4.98 Å². The van der Waals surface area contributed by atoms with Crippen molar-refractivity contribution >= 4 is 17.1 Å². The summed E-state index contributed by atoms with van der Waals surface area (Å²) < 4.78 is 13.4. The predicted molar refractivity (Wildman–Crippen MR) is 80.5 cm³/mol. The Bertz CT molecular complexity index is 763. The van der Waals surface area contributed by atoms with Gasteiger partial charge in [0.1, 0.15) is 11.8 Å². The Hall–Kier alpha value is -2.41. The fourth-order valence-electron chi connectivity index (χ4n) is 3.00. The van der Waals surface area contributed by atoms with Crippen molar-refractivity contribution in [3.8, 4) is 0 Å². The van der Waals surface area contributed by atoms with Crippen LogP contribution in [0.1, 0.15) is 18.3 Å². The highest BCUT2D eigenvalue weighted by atomic mass is 16.5. The number of fused-ring (bicyclic) bond motifs is 1. The van der Waals surface area contributed by atoms with Crippen molar-refractivity contribution < 1.29 is 9.15 Å². The zero-order chi connectivity index (χ0) is 15.1. The van der Waals surface area contributed by atoms with Crippen molar-refractivity contribution in [3.63, 3.8) is 0 Å². The first kappa shape index (κ1) is 13.3. The highest BCUT2D eigenvalue weighted by Gasteiger charge is 2.38. The Morgan fingerprint density at radius 1 is 1.32 bits per heavy atom. The largest absolute Gasteiger partial charge is 0.423 e. The second-order valence-electron chi connectivity index (χ2n) is 5.53. The molecule has 0 amide bonds. The molecule has 22 heavy (non-hydrogen) atoms.